The van der Waals surface area contributed by atoms with E-state index in [9.17, 15) is 9.90 Å². The van der Waals surface area contributed by atoms with E-state index in [4.69, 9.17) is 5.73 Å². The fraction of sp³-hybridized carbons (Fsp3) is 0.250. The van der Waals surface area contributed by atoms with Crippen molar-refractivity contribution in [2.45, 2.75) is 13.0 Å². The predicted octanol–water partition coefficient (Wildman–Crippen LogP) is 2.04. The second-order valence-electron chi connectivity index (χ2n) is 5.00. The first-order valence-electron chi connectivity index (χ1n) is 6.77. The Morgan fingerprint density at radius 2 is 2.10 bits per heavy atom. The van der Waals surface area contributed by atoms with E-state index >= 15 is 0 Å². The molecule has 2 aromatic rings. The molecule has 0 atom stereocenters. The fourth-order valence-electron chi connectivity index (χ4n) is 2.23. The Bertz CT molecular complexity index is 614. The van der Waals surface area contributed by atoms with E-state index < -0.39 is 5.97 Å². The van der Waals surface area contributed by atoms with E-state index in [1.54, 1.807) is 24.4 Å². The van der Waals surface area contributed by atoms with Gasteiger partial charge in [0.2, 0.25) is 0 Å². The van der Waals surface area contributed by atoms with Crippen LogP contribution in [-0.2, 0) is 13.0 Å². The molecule has 0 saturated carbocycles. The largest absolute Gasteiger partial charge is 0.478 e. The molecule has 1 heterocycles. The molecule has 0 fully saturated rings. The Kier molecular flexibility index (Phi) is 4.90. The Hall–Kier alpha value is -2.40. The van der Waals surface area contributed by atoms with Crippen LogP contribution in [0.2, 0.25) is 0 Å². The summed E-state index contributed by atoms with van der Waals surface area (Å²) in [4.78, 5) is 17.6. The van der Waals surface area contributed by atoms with Crippen molar-refractivity contribution in [1.82, 2.24) is 9.88 Å². The number of rotatable bonds is 6. The van der Waals surface area contributed by atoms with Crippen LogP contribution in [0.1, 0.15) is 21.6 Å². The standard InChI is InChI=1S/C16H19N3O2/c1-19(10-8-13-6-2-3-9-18-13)11-12-5-4-7-14(17)15(12)16(20)21/h2-7,9H,8,10-11,17H2,1H3,(H,20,21). The first-order valence-corrected chi connectivity index (χ1v) is 6.77. The number of benzene rings is 1. The van der Waals surface area contributed by atoms with Gasteiger partial charge in [-0.25, -0.2) is 4.79 Å². The topological polar surface area (TPSA) is 79.5 Å². The second-order valence-corrected chi connectivity index (χ2v) is 5.00. The predicted molar refractivity (Wildman–Crippen MR) is 82.1 cm³/mol. The lowest BCUT2D eigenvalue weighted by atomic mass is 10.0. The Morgan fingerprint density at radius 3 is 2.76 bits per heavy atom. The third-order valence-electron chi connectivity index (χ3n) is 3.31. The van der Waals surface area contributed by atoms with Gasteiger partial charge in [-0.3, -0.25) is 4.98 Å². The van der Waals surface area contributed by atoms with Crippen molar-refractivity contribution in [3.63, 3.8) is 0 Å². The average molecular weight is 285 g/mol. The number of carboxylic acids is 1. The Morgan fingerprint density at radius 1 is 1.29 bits per heavy atom. The van der Waals surface area contributed by atoms with Gasteiger partial charge in [0.15, 0.2) is 0 Å². The van der Waals surface area contributed by atoms with Crippen molar-refractivity contribution in [2.24, 2.45) is 0 Å². The first-order chi connectivity index (χ1) is 10.1. The first kappa shape index (κ1) is 15.0. The molecule has 2 rings (SSSR count). The van der Waals surface area contributed by atoms with Crippen LogP contribution in [0.4, 0.5) is 5.69 Å². The van der Waals surface area contributed by atoms with Crippen molar-refractivity contribution in [3.8, 4) is 0 Å². The Balaban J connectivity index is 2.01. The lowest BCUT2D eigenvalue weighted by Gasteiger charge is -2.18. The van der Waals surface area contributed by atoms with Gasteiger partial charge in [-0.1, -0.05) is 18.2 Å². The van der Waals surface area contributed by atoms with Gasteiger partial charge >= 0.3 is 5.97 Å². The summed E-state index contributed by atoms with van der Waals surface area (Å²) >= 11 is 0. The molecule has 110 valence electrons. The Labute approximate surface area is 124 Å². The zero-order valence-corrected chi connectivity index (χ0v) is 12.0. The average Bonchev–Trinajstić information content (AvgIpc) is 2.46. The highest BCUT2D eigenvalue weighted by Crippen LogP contribution is 2.18. The minimum absolute atomic E-state index is 0.196. The van der Waals surface area contributed by atoms with Crippen LogP contribution in [-0.4, -0.2) is 34.6 Å². The maximum Gasteiger partial charge on any atom is 0.338 e. The van der Waals surface area contributed by atoms with Gasteiger partial charge in [-0.2, -0.15) is 0 Å². The number of hydrogen-bond donors (Lipinski definition) is 2. The zero-order valence-electron chi connectivity index (χ0n) is 12.0. The number of likely N-dealkylation sites (N-methyl/N-ethyl adjacent to an activating group) is 1. The monoisotopic (exact) mass is 285 g/mol. The maximum atomic E-state index is 11.3. The van der Waals surface area contributed by atoms with Crippen LogP contribution in [0.25, 0.3) is 0 Å². The maximum absolute atomic E-state index is 11.3. The molecular weight excluding hydrogens is 266 g/mol. The molecule has 0 unspecified atom stereocenters. The van der Waals surface area contributed by atoms with Gasteiger partial charge in [-0.15, -0.1) is 0 Å². The number of pyridine rings is 1. The smallest absolute Gasteiger partial charge is 0.338 e. The van der Waals surface area contributed by atoms with Gasteiger partial charge < -0.3 is 15.7 Å². The summed E-state index contributed by atoms with van der Waals surface area (Å²) in [5.74, 6) is -0.985. The molecule has 0 bridgehead atoms. The summed E-state index contributed by atoms with van der Waals surface area (Å²) in [5, 5.41) is 9.26. The SMILES string of the molecule is CN(CCc1ccccn1)Cc1cccc(N)c1C(=O)O. The number of nitrogens with zero attached hydrogens (tertiary/aromatic N) is 2. The molecule has 0 aliphatic heterocycles. The van der Waals surface area contributed by atoms with Gasteiger partial charge in [0, 0.05) is 37.1 Å². The normalized spacial score (nSPS) is 10.8. The number of hydrogen-bond acceptors (Lipinski definition) is 4. The molecule has 1 aromatic heterocycles. The summed E-state index contributed by atoms with van der Waals surface area (Å²) in [5.41, 5.74) is 8.01. The molecule has 5 nitrogen and oxygen atoms in total. The van der Waals surface area contributed by atoms with Gasteiger partial charge in [-0.05, 0) is 30.8 Å². The van der Waals surface area contributed by atoms with Crippen molar-refractivity contribution in [3.05, 3.63) is 59.4 Å². The van der Waals surface area contributed by atoms with E-state index in [0.29, 0.717) is 12.2 Å². The number of anilines is 1. The highest BCUT2D eigenvalue weighted by molar-refractivity contribution is 5.95. The van der Waals surface area contributed by atoms with E-state index in [0.717, 1.165) is 24.2 Å². The van der Waals surface area contributed by atoms with E-state index in [2.05, 4.69) is 9.88 Å². The molecule has 1 aromatic carbocycles. The lowest BCUT2D eigenvalue weighted by Crippen LogP contribution is -2.22. The van der Waals surface area contributed by atoms with Crippen LogP contribution in [0.15, 0.2) is 42.6 Å². The number of aromatic carboxylic acids is 1. The van der Waals surface area contributed by atoms with Crippen molar-refractivity contribution >= 4 is 11.7 Å². The minimum atomic E-state index is -0.985. The molecule has 0 aliphatic rings. The number of nitrogen functional groups attached to an aromatic ring is 1. The summed E-state index contributed by atoms with van der Waals surface area (Å²) in [6.07, 6.45) is 2.60. The van der Waals surface area contributed by atoms with Crippen LogP contribution in [0, 0.1) is 0 Å². The third-order valence-corrected chi connectivity index (χ3v) is 3.31. The molecule has 0 radical (unpaired) electrons. The van der Waals surface area contributed by atoms with E-state index in [-0.39, 0.29) is 5.56 Å². The number of carboxylic acid groups (broad SMARTS) is 1. The highest BCUT2D eigenvalue weighted by atomic mass is 16.4. The van der Waals surface area contributed by atoms with Gasteiger partial charge in [0.05, 0.1) is 5.56 Å². The molecule has 0 aliphatic carbocycles. The lowest BCUT2D eigenvalue weighted by molar-refractivity contribution is 0.0696. The van der Waals surface area contributed by atoms with Gasteiger partial charge in [0.1, 0.15) is 0 Å². The van der Waals surface area contributed by atoms with E-state index in [1.807, 2.05) is 25.2 Å². The number of aromatic nitrogens is 1. The third kappa shape index (κ3) is 4.03. The summed E-state index contributed by atoms with van der Waals surface area (Å²) in [7, 11) is 1.96. The molecule has 5 heteroatoms. The van der Waals surface area contributed by atoms with E-state index in [1.165, 1.54) is 0 Å². The zero-order chi connectivity index (χ0) is 15.2. The molecule has 3 N–H and O–H groups in total. The molecule has 0 spiro atoms. The molecule has 0 amide bonds. The molecular formula is C16H19N3O2. The van der Waals surface area contributed by atoms with Crippen LogP contribution < -0.4 is 5.73 Å². The van der Waals surface area contributed by atoms with Crippen LogP contribution in [0.3, 0.4) is 0 Å². The highest BCUT2D eigenvalue weighted by Gasteiger charge is 2.14. The summed E-state index contributed by atoms with van der Waals surface area (Å²) in [6, 6.07) is 11.0. The van der Waals surface area contributed by atoms with Crippen LogP contribution in [0.5, 0.6) is 0 Å². The molecule has 21 heavy (non-hydrogen) atoms. The summed E-state index contributed by atoms with van der Waals surface area (Å²) in [6.45, 7) is 1.34. The van der Waals surface area contributed by atoms with Crippen molar-refractivity contribution < 1.29 is 9.90 Å². The number of nitrogens with two attached hydrogens (primary N) is 1. The quantitative estimate of drug-likeness (QED) is 0.794. The molecule has 0 saturated heterocycles. The minimum Gasteiger partial charge on any atom is -0.478 e. The van der Waals surface area contributed by atoms with Gasteiger partial charge in [0.25, 0.3) is 0 Å². The number of carbonyl (C=O) groups is 1. The van der Waals surface area contributed by atoms with Crippen LogP contribution >= 0.6 is 0 Å². The second kappa shape index (κ2) is 6.85. The fourth-order valence-corrected chi connectivity index (χ4v) is 2.23. The summed E-state index contributed by atoms with van der Waals surface area (Å²) < 4.78 is 0. The van der Waals surface area contributed by atoms with Crippen molar-refractivity contribution in [1.29, 1.82) is 0 Å². The van der Waals surface area contributed by atoms with Crippen molar-refractivity contribution in [2.75, 3.05) is 19.3 Å².